The summed E-state index contributed by atoms with van der Waals surface area (Å²) >= 11 is 5.72. The van der Waals surface area contributed by atoms with Gasteiger partial charge in [-0.3, -0.25) is 4.90 Å². The first-order chi connectivity index (χ1) is 10.6. The summed E-state index contributed by atoms with van der Waals surface area (Å²) in [5.74, 6) is -0.590. The normalized spacial score (nSPS) is 22.8. The maximum absolute atomic E-state index is 13.8. The molecule has 22 heavy (non-hydrogen) atoms. The highest BCUT2D eigenvalue weighted by atomic mass is 35.5. The smallest absolute Gasteiger partial charge is 0.322 e. The Labute approximate surface area is 134 Å². The van der Waals surface area contributed by atoms with Crippen molar-refractivity contribution in [1.82, 2.24) is 15.1 Å². The molecule has 2 saturated heterocycles. The van der Waals surface area contributed by atoms with Gasteiger partial charge in [-0.05, 0) is 25.1 Å². The quantitative estimate of drug-likeness (QED) is 0.874. The second-order valence-corrected chi connectivity index (χ2v) is 6.11. The van der Waals surface area contributed by atoms with E-state index in [1.807, 2.05) is 0 Å². The molecular weight excluding hydrogens is 307 g/mol. The number of carbonyl (C=O) groups excluding carboxylic acids is 1. The zero-order valence-electron chi connectivity index (χ0n) is 12.3. The predicted molar refractivity (Wildman–Crippen MR) is 84.8 cm³/mol. The van der Waals surface area contributed by atoms with Crippen molar-refractivity contribution in [2.24, 2.45) is 0 Å². The van der Waals surface area contributed by atoms with Crippen LogP contribution in [-0.4, -0.2) is 61.1 Å². The zero-order valence-corrected chi connectivity index (χ0v) is 13.1. The third kappa shape index (κ3) is 3.34. The molecule has 1 atom stereocenters. The lowest BCUT2D eigenvalue weighted by Crippen LogP contribution is -2.53. The lowest BCUT2D eigenvalue weighted by molar-refractivity contribution is 0.119. The Balaban J connectivity index is 1.54. The van der Waals surface area contributed by atoms with Crippen molar-refractivity contribution < 1.29 is 9.18 Å². The minimum absolute atomic E-state index is 0.0105. The van der Waals surface area contributed by atoms with Gasteiger partial charge >= 0.3 is 6.03 Å². The number of halogens is 2. The van der Waals surface area contributed by atoms with E-state index in [0.29, 0.717) is 19.1 Å². The van der Waals surface area contributed by atoms with E-state index in [4.69, 9.17) is 11.6 Å². The SMILES string of the molecule is O=C(Nc1cccc(Cl)c1F)N1CCN([C@H]2CCNC2)CC1. The van der Waals surface area contributed by atoms with Crippen molar-refractivity contribution in [2.75, 3.05) is 44.6 Å². The standard InChI is InChI=1S/C15H20ClFN4O/c16-12-2-1-3-13(14(12)17)19-15(22)21-8-6-20(7-9-21)11-4-5-18-10-11/h1-3,11,18H,4-10H2,(H,19,22)/t11-/m0/s1. The Morgan fingerprint density at radius 2 is 2.09 bits per heavy atom. The average molecular weight is 327 g/mol. The first kappa shape index (κ1) is 15.5. The first-order valence-corrected chi connectivity index (χ1v) is 7.97. The molecule has 2 heterocycles. The fraction of sp³-hybridized carbons (Fsp3) is 0.533. The fourth-order valence-electron chi connectivity index (χ4n) is 3.04. The molecule has 0 spiro atoms. The van der Waals surface area contributed by atoms with E-state index >= 15 is 0 Å². The Bertz CT molecular complexity index is 542. The number of rotatable bonds is 2. The van der Waals surface area contributed by atoms with Crippen LogP contribution in [0.1, 0.15) is 6.42 Å². The third-order valence-electron chi connectivity index (χ3n) is 4.35. The molecule has 2 aliphatic rings. The second-order valence-electron chi connectivity index (χ2n) is 5.70. The summed E-state index contributed by atoms with van der Waals surface area (Å²) in [4.78, 5) is 16.4. The Hall–Kier alpha value is -1.37. The van der Waals surface area contributed by atoms with Crippen LogP contribution < -0.4 is 10.6 Å². The van der Waals surface area contributed by atoms with E-state index in [2.05, 4.69) is 15.5 Å². The van der Waals surface area contributed by atoms with Gasteiger partial charge in [-0.25, -0.2) is 9.18 Å². The summed E-state index contributed by atoms with van der Waals surface area (Å²) in [7, 11) is 0. The van der Waals surface area contributed by atoms with Crippen LogP contribution >= 0.6 is 11.6 Å². The van der Waals surface area contributed by atoms with Crippen molar-refractivity contribution in [3.63, 3.8) is 0 Å². The largest absolute Gasteiger partial charge is 0.322 e. The minimum atomic E-state index is -0.590. The molecule has 7 heteroatoms. The molecule has 0 bridgehead atoms. The van der Waals surface area contributed by atoms with Gasteiger partial charge in [0.25, 0.3) is 0 Å². The molecule has 0 unspecified atom stereocenters. The summed E-state index contributed by atoms with van der Waals surface area (Å²) in [6, 6.07) is 4.90. The van der Waals surface area contributed by atoms with Gasteiger partial charge in [0.2, 0.25) is 0 Å². The fourth-order valence-corrected chi connectivity index (χ4v) is 3.21. The van der Waals surface area contributed by atoms with Crippen molar-refractivity contribution in [1.29, 1.82) is 0 Å². The summed E-state index contributed by atoms with van der Waals surface area (Å²) in [5, 5.41) is 5.97. The van der Waals surface area contributed by atoms with Crippen LogP contribution in [0.5, 0.6) is 0 Å². The van der Waals surface area contributed by atoms with Gasteiger partial charge in [-0.15, -0.1) is 0 Å². The molecule has 2 fully saturated rings. The van der Waals surface area contributed by atoms with Gasteiger partial charge in [0.05, 0.1) is 10.7 Å². The molecule has 1 aromatic rings. The van der Waals surface area contributed by atoms with E-state index in [0.717, 1.165) is 26.2 Å². The summed E-state index contributed by atoms with van der Waals surface area (Å²) in [5.41, 5.74) is 0.125. The topological polar surface area (TPSA) is 47.6 Å². The molecule has 3 rings (SSSR count). The van der Waals surface area contributed by atoms with Gasteiger partial charge in [0.1, 0.15) is 0 Å². The number of benzene rings is 1. The molecule has 5 nitrogen and oxygen atoms in total. The number of nitrogens with one attached hydrogen (secondary N) is 2. The van der Waals surface area contributed by atoms with E-state index in [9.17, 15) is 9.18 Å². The van der Waals surface area contributed by atoms with E-state index in [1.54, 1.807) is 11.0 Å². The molecule has 2 amide bonds. The van der Waals surface area contributed by atoms with Crippen LogP contribution in [0.3, 0.4) is 0 Å². The minimum Gasteiger partial charge on any atom is -0.322 e. The van der Waals surface area contributed by atoms with Crippen LogP contribution in [-0.2, 0) is 0 Å². The third-order valence-corrected chi connectivity index (χ3v) is 4.64. The highest BCUT2D eigenvalue weighted by Gasteiger charge is 2.28. The van der Waals surface area contributed by atoms with E-state index in [1.165, 1.54) is 18.6 Å². The number of hydrogen-bond donors (Lipinski definition) is 2. The molecule has 2 aliphatic heterocycles. The average Bonchev–Trinajstić information content (AvgIpc) is 3.06. The van der Waals surface area contributed by atoms with Gasteiger partial charge < -0.3 is 15.5 Å². The maximum atomic E-state index is 13.8. The highest BCUT2D eigenvalue weighted by molar-refractivity contribution is 6.31. The van der Waals surface area contributed by atoms with Crippen LogP contribution in [0, 0.1) is 5.82 Å². The summed E-state index contributed by atoms with van der Waals surface area (Å²) in [6.07, 6.45) is 1.17. The molecule has 2 N–H and O–H groups in total. The summed E-state index contributed by atoms with van der Waals surface area (Å²) < 4.78 is 13.8. The molecule has 0 radical (unpaired) electrons. The van der Waals surface area contributed by atoms with Gasteiger partial charge in [-0.1, -0.05) is 17.7 Å². The first-order valence-electron chi connectivity index (χ1n) is 7.60. The van der Waals surface area contributed by atoms with Crippen LogP contribution in [0.4, 0.5) is 14.9 Å². The number of hydrogen-bond acceptors (Lipinski definition) is 3. The number of anilines is 1. The number of piperazine rings is 1. The Kier molecular flexibility index (Phi) is 4.81. The van der Waals surface area contributed by atoms with Crippen LogP contribution in [0.25, 0.3) is 0 Å². The Morgan fingerprint density at radius 3 is 2.77 bits per heavy atom. The number of nitrogens with zero attached hydrogens (tertiary/aromatic N) is 2. The molecule has 0 saturated carbocycles. The lowest BCUT2D eigenvalue weighted by atomic mass is 10.2. The zero-order chi connectivity index (χ0) is 15.5. The molecule has 120 valence electrons. The highest BCUT2D eigenvalue weighted by Crippen LogP contribution is 2.22. The van der Waals surface area contributed by atoms with Crippen LogP contribution in [0.2, 0.25) is 5.02 Å². The van der Waals surface area contributed by atoms with Crippen molar-refractivity contribution in [3.05, 3.63) is 29.0 Å². The second kappa shape index (κ2) is 6.81. The maximum Gasteiger partial charge on any atom is 0.322 e. The monoisotopic (exact) mass is 326 g/mol. The lowest BCUT2D eigenvalue weighted by Gasteiger charge is -2.37. The Morgan fingerprint density at radius 1 is 1.32 bits per heavy atom. The summed E-state index contributed by atoms with van der Waals surface area (Å²) in [6.45, 7) is 5.13. The predicted octanol–water partition coefficient (Wildman–Crippen LogP) is 1.99. The van der Waals surface area contributed by atoms with Gasteiger partial charge in [0, 0.05) is 38.8 Å². The molecule has 0 aliphatic carbocycles. The molecule has 1 aromatic carbocycles. The number of amides is 2. The number of urea groups is 1. The molecule has 0 aromatic heterocycles. The van der Waals surface area contributed by atoms with Crippen molar-refractivity contribution in [2.45, 2.75) is 12.5 Å². The van der Waals surface area contributed by atoms with Gasteiger partial charge in [-0.2, -0.15) is 0 Å². The van der Waals surface area contributed by atoms with Crippen molar-refractivity contribution in [3.8, 4) is 0 Å². The van der Waals surface area contributed by atoms with E-state index in [-0.39, 0.29) is 16.7 Å². The van der Waals surface area contributed by atoms with Crippen molar-refractivity contribution >= 4 is 23.3 Å². The van der Waals surface area contributed by atoms with E-state index < -0.39 is 5.82 Å². The molecular formula is C15H20ClFN4O. The van der Waals surface area contributed by atoms with Gasteiger partial charge in [0.15, 0.2) is 5.82 Å². The van der Waals surface area contributed by atoms with Crippen LogP contribution in [0.15, 0.2) is 18.2 Å². The number of carbonyl (C=O) groups is 1.